The van der Waals surface area contributed by atoms with Gasteiger partial charge in [0.25, 0.3) is 11.5 Å². The van der Waals surface area contributed by atoms with Crippen molar-refractivity contribution in [1.82, 2.24) is 24.6 Å². The van der Waals surface area contributed by atoms with Gasteiger partial charge in [-0.25, -0.2) is 14.1 Å². The minimum atomic E-state index is -0.354. The number of carbonyl (C=O) groups excluding carboxylic acids is 1. The van der Waals surface area contributed by atoms with E-state index in [1.165, 1.54) is 29.2 Å². The van der Waals surface area contributed by atoms with Gasteiger partial charge in [-0.1, -0.05) is 42.5 Å². The SMILES string of the molecule is O=C(NCCn1ncc2c(=O)n(Cc3cccc(F)c3)cnc21)c1ccc2ccccc2c1. The van der Waals surface area contributed by atoms with Gasteiger partial charge in [0.1, 0.15) is 17.5 Å². The molecule has 0 saturated heterocycles. The number of nitrogens with one attached hydrogen (secondary N) is 1. The van der Waals surface area contributed by atoms with Crippen LogP contribution >= 0.6 is 0 Å². The Bertz CT molecular complexity index is 1540. The highest BCUT2D eigenvalue weighted by molar-refractivity contribution is 5.98. The second kappa shape index (κ2) is 8.66. The van der Waals surface area contributed by atoms with E-state index in [0.717, 1.165) is 10.8 Å². The molecule has 1 N–H and O–H groups in total. The van der Waals surface area contributed by atoms with Crippen molar-refractivity contribution in [2.24, 2.45) is 0 Å². The van der Waals surface area contributed by atoms with Crippen molar-refractivity contribution in [2.45, 2.75) is 13.1 Å². The standard InChI is InChI=1S/C25H20FN5O2/c26-21-7-3-4-17(12-21)15-30-16-28-23-22(25(30)33)14-29-31(23)11-10-27-24(32)20-9-8-18-5-1-2-6-19(18)13-20/h1-9,12-14,16H,10-11,15H2,(H,27,32). The molecule has 164 valence electrons. The highest BCUT2D eigenvalue weighted by Gasteiger charge is 2.12. The molecule has 2 aromatic heterocycles. The fourth-order valence-electron chi connectivity index (χ4n) is 3.81. The predicted octanol–water partition coefficient (Wildman–Crippen LogP) is 3.36. The van der Waals surface area contributed by atoms with Crippen LogP contribution in [0.1, 0.15) is 15.9 Å². The molecule has 0 aliphatic rings. The van der Waals surface area contributed by atoms with Gasteiger partial charge in [-0.2, -0.15) is 5.10 Å². The van der Waals surface area contributed by atoms with Crippen LogP contribution in [0.5, 0.6) is 0 Å². The summed E-state index contributed by atoms with van der Waals surface area (Å²) >= 11 is 0. The lowest BCUT2D eigenvalue weighted by atomic mass is 10.1. The number of amides is 1. The van der Waals surface area contributed by atoms with Crippen molar-refractivity contribution < 1.29 is 9.18 Å². The van der Waals surface area contributed by atoms with E-state index in [9.17, 15) is 14.0 Å². The zero-order valence-corrected chi connectivity index (χ0v) is 17.6. The average molecular weight is 441 g/mol. The van der Waals surface area contributed by atoms with E-state index in [0.29, 0.717) is 35.2 Å². The maximum absolute atomic E-state index is 13.4. The van der Waals surface area contributed by atoms with Crippen molar-refractivity contribution in [1.29, 1.82) is 0 Å². The number of benzene rings is 3. The largest absolute Gasteiger partial charge is 0.350 e. The molecule has 0 bridgehead atoms. The van der Waals surface area contributed by atoms with Gasteiger partial charge in [-0.3, -0.25) is 14.2 Å². The van der Waals surface area contributed by atoms with Gasteiger partial charge in [-0.05, 0) is 40.6 Å². The van der Waals surface area contributed by atoms with Crippen LogP contribution in [0.15, 0.2) is 84.0 Å². The summed E-state index contributed by atoms with van der Waals surface area (Å²) in [6.45, 7) is 0.909. The monoisotopic (exact) mass is 441 g/mol. The Hall–Kier alpha value is -4.33. The number of fused-ring (bicyclic) bond motifs is 2. The van der Waals surface area contributed by atoms with E-state index in [4.69, 9.17) is 0 Å². The normalized spacial score (nSPS) is 11.2. The number of rotatable bonds is 6. The lowest BCUT2D eigenvalue weighted by molar-refractivity contribution is 0.0952. The summed E-state index contributed by atoms with van der Waals surface area (Å²) in [5.74, 6) is -0.532. The van der Waals surface area contributed by atoms with Crippen molar-refractivity contribution in [3.63, 3.8) is 0 Å². The van der Waals surface area contributed by atoms with E-state index in [1.807, 2.05) is 36.4 Å². The molecule has 0 aliphatic carbocycles. The predicted molar refractivity (Wildman–Crippen MR) is 124 cm³/mol. The van der Waals surface area contributed by atoms with E-state index in [1.54, 1.807) is 22.9 Å². The third-order valence-electron chi connectivity index (χ3n) is 5.49. The molecule has 8 heteroatoms. The van der Waals surface area contributed by atoms with Crippen LogP contribution in [0.2, 0.25) is 0 Å². The molecular formula is C25H20FN5O2. The smallest absolute Gasteiger partial charge is 0.264 e. The molecule has 1 amide bonds. The summed E-state index contributed by atoms with van der Waals surface area (Å²) in [4.78, 5) is 29.7. The molecule has 5 rings (SSSR count). The van der Waals surface area contributed by atoms with Crippen LogP contribution < -0.4 is 10.9 Å². The first kappa shape index (κ1) is 20.6. The lowest BCUT2D eigenvalue weighted by Gasteiger charge is -2.08. The van der Waals surface area contributed by atoms with Crippen molar-refractivity contribution >= 4 is 27.7 Å². The summed E-state index contributed by atoms with van der Waals surface area (Å²) < 4.78 is 16.4. The second-order valence-electron chi connectivity index (χ2n) is 7.73. The van der Waals surface area contributed by atoms with E-state index >= 15 is 0 Å². The second-order valence-corrected chi connectivity index (χ2v) is 7.73. The highest BCUT2D eigenvalue weighted by atomic mass is 19.1. The van der Waals surface area contributed by atoms with Crippen LogP contribution in [0.25, 0.3) is 21.8 Å². The Kier molecular flexibility index (Phi) is 5.40. The number of halogens is 1. The minimum Gasteiger partial charge on any atom is -0.350 e. The van der Waals surface area contributed by atoms with Crippen LogP contribution in [0.4, 0.5) is 4.39 Å². The Balaban J connectivity index is 1.27. The number of hydrogen-bond donors (Lipinski definition) is 1. The fraction of sp³-hybridized carbons (Fsp3) is 0.120. The number of nitrogens with zero attached hydrogens (tertiary/aromatic N) is 4. The maximum atomic E-state index is 13.4. The molecule has 0 spiro atoms. The third-order valence-corrected chi connectivity index (χ3v) is 5.49. The molecule has 2 heterocycles. The summed E-state index contributed by atoms with van der Waals surface area (Å²) in [6, 6.07) is 19.5. The Labute approximate surface area is 188 Å². The molecule has 3 aromatic carbocycles. The molecule has 5 aromatic rings. The zero-order valence-electron chi connectivity index (χ0n) is 17.6. The van der Waals surface area contributed by atoms with Crippen molar-refractivity contribution in [2.75, 3.05) is 6.54 Å². The Morgan fingerprint density at radius 1 is 1.00 bits per heavy atom. The van der Waals surface area contributed by atoms with Crippen molar-refractivity contribution in [3.8, 4) is 0 Å². The van der Waals surface area contributed by atoms with Crippen LogP contribution in [0, 0.1) is 5.82 Å². The van der Waals surface area contributed by atoms with E-state index < -0.39 is 0 Å². The molecule has 0 saturated carbocycles. The molecule has 0 aliphatic heterocycles. The van der Waals surface area contributed by atoms with Gasteiger partial charge in [-0.15, -0.1) is 0 Å². The first-order chi connectivity index (χ1) is 16.1. The fourth-order valence-corrected chi connectivity index (χ4v) is 3.81. The topological polar surface area (TPSA) is 81.8 Å². The van der Waals surface area contributed by atoms with Crippen molar-refractivity contribution in [3.05, 3.63) is 107 Å². The molecule has 7 nitrogen and oxygen atoms in total. The van der Waals surface area contributed by atoms with E-state index in [2.05, 4.69) is 15.4 Å². The van der Waals surface area contributed by atoms with Gasteiger partial charge >= 0.3 is 0 Å². The van der Waals surface area contributed by atoms with Crippen LogP contribution in [0.3, 0.4) is 0 Å². The molecule has 33 heavy (non-hydrogen) atoms. The average Bonchev–Trinajstić information content (AvgIpc) is 3.24. The first-order valence-corrected chi connectivity index (χ1v) is 10.5. The van der Waals surface area contributed by atoms with Gasteiger partial charge in [0.2, 0.25) is 0 Å². The Morgan fingerprint density at radius 3 is 2.70 bits per heavy atom. The van der Waals surface area contributed by atoms with Crippen LogP contribution in [-0.4, -0.2) is 31.8 Å². The molecule has 0 atom stereocenters. The van der Waals surface area contributed by atoms with Gasteiger partial charge in [0.05, 0.1) is 19.3 Å². The third kappa shape index (κ3) is 4.23. The quantitative estimate of drug-likeness (QED) is 0.438. The highest BCUT2D eigenvalue weighted by Crippen LogP contribution is 2.15. The summed E-state index contributed by atoms with van der Waals surface area (Å²) in [5, 5.41) is 9.59. The summed E-state index contributed by atoms with van der Waals surface area (Å²) in [5.41, 5.74) is 1.44. The zero-order chi connectivity index (χ0) is 22.8. The van der Waals surface area contributed by atoms with Gasteiger partial charge < -0.3 is 5.32 Å². The van der Waals surface area contributed by atoms with E-state index in [-0.39, 0.29) is 23.8 Å². The summed E-state index contributed by atoms with van der Waals surface area (Å²) in [7, 11) is 0. The number of carbonyl (C=O) groups is 1. The molecule has 0 fully saturated rings. The Morgan fingerprint density at radius 2 is 1.85 bits per heavy atom. The number of aromatic nitrogens is 4. The first-order valence-electron chi connectivity index (χ1n) is 10.5. The van der Waals surface area contributed by atoms with Crippen LogP contribution in [-0.2, 0) is 13.1 Å². The summed E-state index contributed by atoms with van der Waals surface area (Å²) in [6.07, 6.45) is 2.90. The lowest BCUT2D eigenvalue weighted by Crippen LogP contribution is -2.27. The molecule has 0 unspecified atom stereocenters. The molecular weight excluding hydrogens is 421 g/mol. The van der Waals surface area contributed by atoms with Gasteiger partial charge in [0.15, 0.2) is 5.65 Å². The maximum Gasteiger partial charge on any atom is 0.264 e. The molecule has 0 radical (unpaired) electrons. The van der Waals surface area contributed by atoms with Gasteiger partial charge in [0, 0.05) is 12.1 Å². The minimum absolute atomic E-state index is 0.178. The number of hydrogen-bond acceptors (Lipinski definition) is 4.